The number of nitrogens with one attached hydrogen (secondary N) is 2. The zero-order valence-corrected chi connectivity index (χ0v) is 19.4. The maximum Gasteiger partial charge on any atom is 0.251 e. The van der Waals surface area contributed by atoms with Crippen molar-refractivity contribution < 1.29 is 9.59 Å². The molecule has 1 aromatic rings. The zero-order valence-electron chi connectivity index (χ0n) is 19.4. The molecule has 0 bridgehead atoms. The number of nitrogens with two attached hydrogens (primary N) is 1. The van der Waals surface area contributed by atoms with Crippen LogP contribution in [0.1, 0.15) is 93.0 Å². The fraction of sp³-hybridized carbons (Fsp3) is 0.692. The van der Waals surface area contributed by atoms with Gasteiger partial charge in [-0.2, -0.15) is 0 Å². The Kier molecular flexibility index (Phi) is 8.20. The Balaban J connectivity index is 1.44. The molecule has 4 rings (SSSR count). The van der Waals surface area contributed by atoms with Crippen LogP contribution in [0, 0.1) is 5.92 Å². The van der Waals surface area contributed by atoms with Gasteiger partial charge in [-0.1, -0.05) is 44.6 Å². The highest BCUT2D eigenvalue weighted by Crippen LogP contribution is 2.29. The van der Waals surface area contributed by atoms with E-state index in [1.54, 1.807) is 0 Å². The zero-order chi connectivity index (χ0) is 22.3. The van der Waals surface area contributed by atoms with Crippen molar-refractivity contribution in [2.45, 2.75) is 95.7 Å². The number of hydrogen-bond donors (Lipinski definition) is 3. The number of nitrogens with zero attached hydrogens (tertiary/aromatic N) is 1. The van der Waals surface area contributed by atoms with Gasteiger partial charge in [0.15, 0.2) is 0 Å². The first kappa shape index (κ1) is 23.2. The summed E-state index contributed by atoms with van der Waals surface area (Å²) in [6.07, 6.45) is 13.2. The molecule has 6 nitrogen and oxygen atoms in total. The normalized spacial score (nSPS) is 24.5. The van der Waals surface area contributed by atoms with Gasteiger partial charge in [0.05, 0.1) is 0 Å². The summed E-state index contributed by atoms with van der Waals surface area (Å²) < 4.78 is 0. The first-order valence-electron chi connectivity index (χ1n) is 12.8. The van der Waals surface area contributed by atoms with E-state index in [0.717, 1.165) is 63.0 Å². The highest BCUT2D eigenvalue weighted by atomic mass is 16.2. The highest BCUT2D eigenvalue weighted by molar-refractivity contribution is 5.98. The number of anilines is 1. The second-order valence-corrected chi connectivity index (χ2v) is 10.1. The Morgan fingerprint density at radius 1 is 0.969 bits per heavy atom. The molecule has 2 saturated carbocycles. The molecule has 3 fully saturated rings. The lowest BCUT2D eigenvalue weighted by Gasteiger charge is -2.29. The van der Waals surface area contributed by atoms with Crippen LogP contribution in [0.25, 0.3) is 0 Å². The Morgan fingerprint density at radius 3 is 2.44 bits per heavy atom. The van der Waals surface area contributed by atoms with Gasteiger partial charge in [-0.3, -0.25) is 14.5 Å². The van der Waals surface area contributed by atoms with Gasteiger partial charge in [0.1, 0.15) is 0 Å². The van der Waals surface area contributed by atoms with Gasteiger partial charge in [0, 0.05) is 36.3 Å². The van der Waals surface area contributed by atoms with Crippen LogP contribution in [0.15, 0.2) is 18.2 Å². The van der Waals surface area contributed by atoms with Crippen LogP contribution < -0.4 is 16.4 Å². The molecule has 2 aliphatic carbocycles. The highest BCUT2D eigenvalue weighted by Gasteiger charge is 2.24. The van der Waals surface area contributed by atoms with Crippen LogP contribution in [-0.4, -0.2) is 41.9 Å². The predicted octanol–water partition coefficient (Wildman–Crippen LogP) is 4.19. The van der Waals surface area contributed by atoms with Crippen molar-refractivity contribution in [3.63, 3.8) is 0 Å². The minimum absolute atomic E-state index is 0.0249. The SMILES string of the molecule is NC1CCCCC1NC(=O)c1ccc(CN2CCCC2)c(NC(=O)CCC2CCCC2)c1. The Labute approximate surface area is 192 Å². The van der Waals surface area contributed by atoms with Crippen molar-refractivity contribution in [2.24, 2.45) is 11.7 Å². The van der Waals surface area contributed by atoms with E-state index in [9.17, 15) is 9.59 Å². The second kappa shape index (κ2) is 11.3. The Morgan fingerprint density at radius 2 is 1.69 bits per heavy atom. The topological polar surface area (TPSA) is 87.5 Å². The third kappa shape index (κ3) is 6.32. The summed E-state index contributed by atoms with van der Waals surface area (Å²) in [6, 6.07) is 5.83. The Bertz CT molecular complexity index is 784. The summed E-state index contributed by atoms with van der Waals surface area (Å²) in [7, 11) is 0. The molecule has 32 heavy (non-hydrogen) atoms. The molecule has 176 valence electrons. The van der Waals surface area contributed by atoms with Crippen molar-refractivity contribution in [1.82, 2.24) is 10.2 Å². The van der Waals surface area contributed by atoms with E-state index < -0.39 is 0 Å². The van der Waals surface area contributed by atoms with E-state index >= 15 is 0 Å². The van der Waals surface area contributed by atoms with Crippen LogP contribution in [0.5, 0.6) is 0 Å². The molecule has 1 aliphatic heterocycles. The summed E-state index contributed by atoms with van der Waals surface area (Å²) in [5.41, 5.74) is 8.70. The molecule has 1 heterocycles. The summed E-state index contributed by atoms with van der Waals surface area (Å²) in [4.78, 5) is 28.1. The molecule has 2 amide bonds. The lowest BCUT2D eigenvalue weighted by atomic mass is 9.91. The molecule has 4 N–H and O–H groups in total. The van der Waals surface area contributed by atoms with Crippen LogP contribution in [0.2, 0.25) is 0 Å². The molecular weight excluding hydrogens is 400 g/mol. The van der Waals surface area contributed by atoms with Gasteiger partial charge in [-0.05, 0) is 68.8 Å². The summed E-state index contributed by atoms with van der Waals surface area (Å²) in [6.45, 7) is 3.00. The number of benzene rings is 1. The van der Waals surface area contributed by atoms with Crippen molar-refractivity contribution in [3.8, 4) is 0 Å². The van der Waals surface area contributed by atoms with Crippen molar-refractivity contribution in [1.29, 1.82) is 0 Å². The summed E-state index contributed by atoms with van der Waals surface area (Å²) >= 11 is 0. The van der Waals surface area contributed by atoms with E-state index in [4.69, 9.17) is 5.73 Å². The third-order valence-corrected chi connectivity index (χ3v) is 7.63. The van der Waals surface area contributed by atoms with Crippen LogP contribution in [-0.2, 0) is 11.3 Å². The fourth-order valence-corrected chi connectivity index (χ4v) is 5.59. The van der Waals surface area contributed by atoms with E-state index in [-0.39, 0.29) is 23.9 Å². The van der Waals surface area contributed by atoms with Crippen molar-refractivity contribution >= 4 is 17.5 Å². The standard InChI is InChI=1S/C26H40N4O2/c27-22-9-3-4-10-23(22)29-26(32)20-12-13-21(18-30-15-5-6-16-30)24(17-20)28-25(31)14-11-19-7-1-2-8-19/h12-13,17,19,22-23H,1-11,14-16,18,27H2,(H,28,31)(H,29,32). The average Bonchev–Trinajstić information content (AvgIpc) is 3.49. The Hall–Kier alpha value is -1.92. The molecule has 0 spiro atoms. The van der Waals surface area contributed by atoms with E-state index in [0.29, 0.717) is 17.9 Å². The summed E-state index contributed by atoms with van der Waals surface area (Å²) in [5, 5.41) is 6.28. The van der Waals surface area contributed by atoms with Crippen LogP contribution >= 0.6 is 0 Å². The number of carbonyl (C=O) groups excluding carboxylic acids is 2. The van der Waals surface area contributed by atoms with Gasteiger partial charge in [0.2, 0.25) is 5.91 Å². The molecule has 0 radical (unpaired) electrons. The molecule has 2 unspecified atom stereocenters. The van der Waals surface area contributed by atoms with Gasteiger partial charge in [-0.15, -0.1) is 0 Å². The predicted molar refractivity (Wildman–Crippen MR) is 128 cm³/mol. The lowest BCUT2D eigenvalue weighted by molar-refractivity contribution is -0.116. The van der Waals surface area contributed by atoms with Crippen LogP contribution in [0.4, 0.5) is 5.69 Å². The largest absolute Gasteiger partial charge is 0.348 e. The minimum Gasteiger partial charge on any atom is -0.348 e. The second-order valence-electron chi connectivity index (χ2n) is 10.1. The van der Waals surface area contributed by atoms with Gasteiger partial charge >= 0.3 is 0 Å². The smallest absolute Gasteiger partial charge is 0.251 e. The number of carbonyl (C=O) groups is 2. The monoisotopic (exact) mass is 440 g/mol. The van der Waals surface area contributed by atoms with Gasteiger partial charge in [0.25, 0.3) is 5.91 Å². The number of hydrogen-bond acceptors (Lipinski definition) is 4. The van der Waals surface area contributed by atoms with Crippen LogP contribution in [0.3, 0.4) is 0 Å². The first-order chi connectivity index (χ1) is 15.6. The molecule has 1 aromatic carbocycles. The fourth-order valence-electron chi connectivity index (χ4n) is 5.59. The minimum atomic E-state index is -0.0958. The van der Waals surface area contributed by atoms with E-state index in [1.807, 2.05) is 18.2 Å². The third-order valence-electron chi connectivity index (χ3n) is 7.63. The number of likely N-dealkylation sites (tertiary alicyclic amines) is 1. The van der Waals surface area contributed by atoms with E-state index in [1.165, 1.54) is 38.5 Å². The number of rotatable bonds is 8. The van der Waals surface area contributed by atoms with E-state index in [2.05, 4.69) is 15.5 Å². The van der Waals surface area contributed by atoms with Gasteiger partial charge in [-0.25, -0.2) is 0 Å². The maximum atomic E-state index is 13.0. The quantitative estimate of drug-likeness (QED) is 0.566. The number of amides is 2. The maximum absolute atomic E-state index is 13.0. The molecule has 3 aliphatic rings. The molecule has 0 aromatic heterocycles. The van der Waals surface area contributed by atoms with Crippen molar-refractivity contribution in [2.75, 3.05) is 18.4 Å². The van der Waals surface area contributed by atoms with Gasteiger partial charge < -0.3 is 16.4 Å². The molecule has 6 heteroatoms. The average molecular weight is 441 g/mol. The molecule has 2 atom stereocenters. The van der Waals surface area contributed by atoms with Crippen molar-refractivity contribution in [3.05, 3.63) is 29.3 Å². The summed E-state index contributed by atoms with van der Waals surface area (Å²) in [5.74, 6) is 0.662. The first-order valence-corrected chi connectivity index (χ1v) is 12.8. The molecular formula is C26H40N4O2. The molecule has 1 saturated heterocycles. The lowest BCUT2D eigenvalue weighted by Crippen LogP contribution is -2.49.